The molecule has 0 aromatic heterocycles. The molecule has 0 aliphatic carbocycles. The van der Waals surface area contributed by atoms with Gasteiger partial charge in [0.1, 0.15) is 24.0 Å². The average molecular weight is 465 g/mol. The summed E-state index contributed by atoms with van der Waals surface area (Å²) in [6.45, 7) is 2.01. The van der Waals surface area contributed by atoms with Crippen molar-refractivity contribution in [1.29, 1.82) is 0 Å². The normalized spacial score (nSPS) is 18.2. The zero-order valence-electron chi connectivity index (χ0n) is 18.8. The molecular formula is C25H28N4O5. The first-order valence-corrected chi connectivity index (χ1v) is 11.4. The van der Waals surface area contributed by atoms with Crippen molar-refractivity contribution in [2.75, 3.05) is 29.9 Å². The average Bonchev–Trinajstić information content (AvgIpc) is 2.86. The predicted octanol–water partition coefficient (Wildman–Crippen LogP) is 2.85. The largest absolute Gasteiger partial charge is 0.509 e. The van der Waals surface area contributed by atoms with Crippen LogP contribution < -0.4 is 20.9 Å². The topological polar surface area (TPSA) is 120 Å². The van der Waals surface area contributed by atoms with Crippen molar-refractivity contribution in [3.05, 3.63) is 71.5 Å². The molecule has 4 N–H and O–H groups in total. The monoisotopic (exact) mass is 464 g/mol. The molecule has 0 bridgehead atoms. The first kappa shape index (κ1) is 23.2. The van der Waals surface area contributed by atoms with E-state index in [2.05, 4.69) is 20.9 Å². The Kier molecular flexibility index (Phi) is 7.31. The van der Waals surface area contributed by atoms with Gasteiger partial charge in [0.2, 0.25) is 0 Å². The minimum Gasteiger partial charge on any atom is -0.509 e. The van der Waals surface area contributed by atoms with E-state index in [-0.39, 0.29) is 13.2 Å². The molecule has 1 fully saturated rings. The van der Waals surface area contributed by atoms with Crippen molar-refractivity contribution in [2.45, 2.75) is 31.9 Å². The molecule has 178 valence electrons. The highest BCUT2D eigenvalue weighted by atomic mass is 16.5. The number of aliphatic hydroxyl groups is 1. The molecule has 3 amide bonds. The van der Waals surface area contributed by atoms with Crippen LogP contribution in [0.3, 0.4) is 0 Å². The molecule has 0 saturated carbocycles. The third-order valence-corrected chi connectivity index (χ3v) is 5.86. The molecule has 34 heavy (non-hydrogen) atoms. The lowest BCUT2D eigenvalue weighted by Crippen LogP contribution is -2.51. The smallest absolute Gasteiger partial charge is 0.408 e. The molecular weight excluding hydrogens is 436 g/mol. The summed E-state index contributed by atoms with van der Waals surface area (Å²) in [5.74, 6) is -1.98. The molecule has 1 saturated heterocycles. The van der Waals surface area contributed by atoms with Gasteiger partial charge in [0.15, 0.2) is 0 Å². The summed E-state index contributed by atoms with van der Waals surface area (Å²) in [7, 11) is 0. The van der Waals surface area contributed by atoms with Gasteiger partial charge < -0.3 is 30.7 Å². The zero-order chi connectivity index (χ0) is 23.9. The van der Waals surface area contributed by atoms with E-state index in [0.29, 0.717) is 5.69 Å². The highest BCUT2D eigenvalue weighted by Gasteiger charge is 2.34. The van der Waals surface area contributed by atoms with Crippen LogP contribution in [0.4, 0.5) is 16.2 Å². The number of nitrogens with one attached hydrogen (secondary N) is 3. The molecule has 2 aliphatic heterocycles. The highest BCUT2D eigenvalue weighted by Crippen LogP contribution is 2.22. The van der Waals surface area contributed by atoms with Gasteiger partial charge in [-0.1, -0.05) is 30.3 Å². The third kappa shape index (κ3) is 5.67. The van der Waals surface area contributed by atoms with Gasteiger partial charge in [-0.15, -0.1) is 0 Å². The quantitative estimate of drug-likeness (QED) is 0.488. The first-order chi connectivity index (χ1) is 16.5. The van der Waals surface area contributed by atoms with E-state index in [1.54, 1.807) is 12.1 Å². The summed E-state index contributed by atoms with van der Waals surface area (Å²) >= 11 is 0. The van der Waals surface area contributed by atoms with Gasteiger partial charge >= 0.3 is 6.09 Å². The molecule has 0 radical (unpaired) electrons. The molecule has 4 rings (SSSR count). The first-order valence-electron chi connectivity index (χ1n) is 11.4. The van der Waals surface area contributed by atoms with Crippen molar-refractivity contribution >= 4 is 29.3 Å². The fourth-order valence-corrected chi connectivity index (χ4v) is 4.02. The third-order valence-electron chi connectivity index (χ3n) is 5.86. The van der Waals surface area contributed by atoms with Crippen LogP contribution in [0.15, 0.2) is 65.9 Å². The zero-order valence-corrected chi connectivity index (χ0v) is 18.8. The van der Waals surface area contributed by atoms with E-state index in [1.165, 1.54) is 6.42 Å². The molecule has 2 aromatic carbocycles. The van der Waals surface area contributed by atoms with E-state index in [0.717, 1.165) is 37.2 Å². The summed E-state index contributed by atoms with van der Waals surface area (Å²) in [6.07, 6.45) is 2.79. The number of benzene rings is 2. The van der Waals surface area contributed by atoms with Crippen molar-refractivity contribution < 1.29 is 24.2 Å². The van der Waals surface area contributed by atoms with Gasteiger partial charge in [0.25, 0.3) is 11.8 Å². The second kappa shape index (κ2) is 10.7. The number of aliphatic hydroxyl groups excluding tert-OH is 1. The Labute approximate surface area is 197 Å². The lowest BCUT2D eigenvalue weighted by molar-refractivity contribution is -0.122. The Morgan fingerprint density at radius 1 is 1.03 bits per heavy atom. The van der Waals surface area contributed by atoms with Gasteiger partial charge in [-0.25, -0.2) is 4.79 Å². The fraction of sp³-hybridized carbons (Fsp3) is 0.320. The van der Waals surface area contributed by atoms with E-state index >= 15 is 0 Å². The number of hydrogen-bond donors (Lipinski definition) is 4. The van der Waals surface area contributed by atoms with Crippen LogP contribution in [0.2, 0.25) is 0 Å². The SMILES string of the molecule is O=C(NC1CNC(=O)C(C(=O)Nc2ccc(N3CCCCC3)cc2)=C1O)OCc1ccccc1. The Balaban J connectivity index is 1.37. The number of ether oxygens (including phenoxy) is 1. The van der Waals surface area contributed by atoms with E-state index in [4.69, 9.17) is 4.74 Å². The standard InChI is InChI=1S/C25H28N4O5/c30-22-20(28-25(33)34-16-17-7-3-1-4-8-17)15-26-23(31)21(22)24(32)27-18-9-11-19(12-10-18)29-13-5-2-6-14-29/h1,3-4,7-12,20,30H,2,5-6,13-16H2,(H,26,31)(H,27,32)(H,28,33). The summed E-state index contributed by atoms with van der Waals surface area (Å²) < 4.78 is 5.16. The molecule has 2 aromatic rings. The molecule has 9 nitrogen and oxygen atoms in total. The number of anilines is 2. The Bertz CT molecular complexity index is 1060. The second-order valence-corrected chi connectivity index (χ2v) is 8.28. The highest BCUT2D eigenvalue weighted by molar-refractivity contribution is 6.23. The Morgan fingerprint density at radius 3 is 2.44 bits per heavy atom. The predicted molar refractivity (Wildman–Crippen MR) is 127 cm³/mol. The fourth-order valence-electron chi connectivity index (χ4n) is 4.02. The van der Waals surface area contributed by atoms with E-state index in [9.17, 15) is 19.5 Å². The van der Waals surface area contributed by atoms with Gasteiger partial charge in [0, 0.05) is 31.0 Å². The van der Waals surface area contributed by atoms with Crippen LogP contribution in [0.25, 0.3) is 0 Å². The van der Waals surface area contributed by atoms with Crippen LogP contribution in [0.1, 0.15) is 24.8 Å². The Morgan fingerprint density at radius 2 is 1.74 bits per heavy atom. The number of nitrogens with zero attached hydrogens (tertiary/aromatic N) is 1. The van der Waals surface area contributed by atoms with Crippen molar-refractivity contribution in [3.63, 3.8) is 0 Å². The molecule has 2 aliphatic rings. The number of piperidine rings is 1. The number of carbonyl (C=O) groups is 3. The van der Waals surface area contributed by atoms with Gasteiger partial charge in [-0.3, -0.25) is 9.59 Å². The molecule has 9 heteroatoms. The maximum Gasteiger partial charge on any atom is 0.408 e. The maximum absolute atomic E-state index is 12.8. The number of carbonyl (C=O) groups excluding carboxylic acids is 3. The van der Waals surface area contributed by atoms with Crippen LogP contribution in [-0.4, -0.2) is 48.7 Å². The van der Waals surface area contributed by atoms with Crippen LogP contribution in [0.5, 0.6) is 0 Å². The van der Waals surface area contributed by atoms with Gasteiger partial charge in [-0.05, 0) is 49.1 Å². The maximum atomic E-state index is 12.8. The summed E-state index contributed by atoms with van der Waals surface area (Å²) in [5.41, 5.74) is 1.94. The van der Waals surface area contributed by atoms with Crippen LogP contribution >= 0.6 is 0 Å². The summed E-state index contributed by atoms with van der Waals surface area (Å²) in [5, 5.41) is 18.2. The van der Waals surface area contributed by atoms with Crippen LogP contribution in [0, 0.1) is 0 Å². The second-order valence-electron chi connectivity index (χ2n) is 8.28. The molecule has 0 spiro atoms. The molecule has 2 heterocycles. The summed E-state index contributed by atoms with van der Waals surface area (Å²) in [4.78, 5) is 39.5. The number of amides is 3. The summed E-state index contributed by atoms with van der Waals surface area (Å²) in [6, 6.07) is 15.5. The van der Waals surface area contributed by atoms with Crippen molar-refractivity contribution in [1.82, 2.24) is 10.6 Å². The van der Waals surface area contributed by atoms with Crippen molar-refractivity contribution in [3.8, 4) is 0 Å². The lowest BCUT2D eigenvalue weighted by atomic mass is 10.0. The Hall–Kier alpha value is -4.01. The molecule has 1 atom stereocenters. The number of alkyl carbamates (subject to hydrolysis) is 1. The minimum atomic E-state index is -0.983. The lowest BCUT2D eigenvalue weighted by Gasteiger charge is -2.29. The van der Waals surface area contributed by atoms with Gasteiger partial charge in [0.05, 0.1) is 0 Å². The van der Waals surface area contributed by atoms with Crippen molar-refractivity contribution in [2.24, 2.45) is 0 Å². The van der Waals surface area contributed by atoms with E-state index < -0.39 is 35.3 Å². The number of rotatable bonds is 6. The van der Waals surface area contributed by atoms with Gasteiger partial charge in [-0.2, -0.15) is 0 Å². The molecule has 1 unspecified atom stereocenters. The van der Waals surface area contributed by atoms with Crippen LogP contribution in [-0.2, 0) is 20.9 Å². The number of hydrogen-bond acceptors (Lipinski definition) is 6. The minimum absolute atomic E-state index is 0.0526. The van der Waals surface area contributed by atoms with E-state index in [1.807, 2.05) is 42.5 Å².